The summed E-state index contributed by atoms with van der Waals surface area (Å²) >= 11 is 0. The Kier molecular flexibility index (Phi) is 5.54. The van der Waals surface area contributed by atoms with Gasteiger partial charge in [0.25, 0.3) is 5.56 Å². The fourth-order valence-electron chi connectivity index (χ4n) is 3.07. The number of rotatable bonds is 4. The molecule has 142 valence electrons. The van der Waals surface area contributed by atoms with Crippen LogP contribution in [0.3, 0.4) is 0 Å². The molecule has 1 aliphatic heterocycles. The summed E-state index contributed by atoms with van der Waals surface area (Å²) in [6.07, 6.45) is 2.39. The predicted molar refractivity (Wildman–Crippen MR) is 97.2 cm³/mol. The number of carboxylic acid groups (broad SMARTS) is 1. The molecule has 1 fully saturated rings. The summed E-state index contributed by atoms with van der Waals surface area (Å²) in [5.74, 6) is -1.63. The van der Waals surface area contributed by atoms with Gasteiger partial charge in [-0.25, -0.2) is 9.18 Å². The summed E-state index contributed by atoms with van der Waals surface area (Å²) in [7, 11) is 0. The molecule has 1 aromatic carbocycles. The van der Waals surface area contributed by atoms with E-state index in [-0.39, 0.29) is 23.6 Å². The molecule has 7 nitrogen and oxygen atoms in total. The summed E-state index contributed by atoms with van der Waals surface area (Å²) in [6, 6.07) is 8.59. The van der Waals surface area contributed by atoms with Gasteiger partial charge >= 0.3 is 12.0 Å². The quantitative estimate of drug-likeness (QED) is 0.861. The first-order valence-corrected chi connectivity index (χ1v) is 8.66. The van der Waals surface area contributed by atoms with Crippen molar-refractivity contribution in [3.8, 4) is 0 Å². The van der Waals surface area contributed by atoms with E-state index in [0.717, 1.165) is 5.56 Å². The zero-order chi connectivity index (χ0) is 19.4. The third-order valence-corrected chi connectivity index (χ3v) is 4.66. The van der Waals surface area contributed by atoms with Crippen molar-refractivity contribution in [2.75, 3.05) is 18.4 Å². The molecule has 1 saturated heterocycles. The lowest BCUT2D eigenvalue weighted by Gasteiger charge is -2.30. The van der Waals surface area contributed by atoms with Crippen LogP contribution >= 0.6 is 0 Å². The number of piperidine rings is 1. The van der Waals surface area contributed by atoms with Gasteiger partial charge in [-0.15, -0.1) is 0 Å². The molecule has 0 spiro atoms. The first kappa shape index (κ1) is 18.6. The van der Waals surface area contributed by atoms with Gasteiger partial charge in [0, 0.05) is 19.3 Å². The Balaban J connectivity index is 1.67. The van der Waals surface area contributed by atoms with Crippen LogP contribution < -0.4 is 10.9 Å². The molecule has 27 heavy (non-hydrogen) atoms. The maximum atomic E-state index is 13.0. The van der Waals surface area contributed by atoms with Crippen LogP contribution in [0.25, 0.3) is 0 Å². The normalized spacial score (nSPS) is 14.8. The molecule has 1 aliphatic rings. The number of urea groups is 1. The number of carbonyl (C=O) groups is 2. The molecule has 8 heteroatoms. The number of likely N-dealkylation sites (tertiary alicyclic amines) is 1. The highest BCUT2D eigenvalue weighted by Crippen LogP contribution is 2.18. The zero-order valence-electron chi connectivity index (χ0n) is 14.6. The first-order valence-electron chi connectivity index (χ1n) is 8.66. The van der Waals surface area contributed by atoms with Crippen molar-refractivity contribution in [1.82, 2.24) is 9.47 Å². The van der Waals surface area contributed by atoms with Crippen molar-refractivity contribution in [3.05, 3.63) is 64.3 Å². The number of nitrogens with zero attached hydrogens (tertiary/aromatic N) is 2. The van der Waals surface area contributed by atoms with Crippen LogP contribution in [0.1, 0.15) is 18.4 Å². The van der Waals surface area contributed by atoms with Crippen LogP contribution in [0, 0.1) is 11.7 Å². The summed E-state index contributed by atoms with van der Waals surface area (Å²) in [5, 5.41) is 11.6. The van der Waals surface area contributed by atoms with E-state index < -0.39 is 17.9 Å². The number of anilines is 1. The van der Waals surface area contributed by atoms with E-state index >= 15 is 0 Å². The van der Waals surface area contributed by atoms with Crippen molar-refractivity contribution in [1.29, 1.82) is 0 Å². The lowest BCUT2D eigenvalue weighted by atomic mass is 9.97. The number of carboxylic acids is 1. The van der Waals surface area contributed by atoms with Gasteiger partial charge in [0.1, 0.15) is 11.5 Å². The van der Waals surface area contributed by atoms with Gasteiger partial charge < -0.3 is 19.9 Å². The monoisotopic (exact) mass is 373 g/mol. The van der Waals surface area contributed by atoms with Gasteiger partial charge in [-0.1, -0.05) is 12.1 Å². The second kappa shape index (κ2) is 8.03. The number of hydrogen-bond donors (Lipinski definition) is 2. The number of pyridine rings is 1. The van der Waals surface area contributed by atoms with Gasteiger partial charge in [-0.3, -0.25) is 9.59 Å². The van der Waals surface area contributed by atoms with Gasteiger partial charge in [0.15, 0.2) is 0 Å². The number of hydrogen-bond acceptors (Lipinski definition) is 3. The Morgan fingerprint density at radius 3 is 2.44 bits per heavy atom. The molecular formula is C19H20FN3O4. The smallest absolute Gasteiger partial charge is 0.321 e. The fraction of sp³-hybridized carbons (Fsp3) is 0.316. The molecule has 2 amide bonds. The molecule has 2 aromatic rings. The van der Waals surface area contributed by atoms with E-state index in [2.05, 4.69) is 5.32 Å². The Hall–Kier alpha value is -3.16. The minimum absolute atomic E-state index is 0.143. The molecule has 0 atom stereocenters. The van der Waals surface area contributed by atoms with Gasteiger partial charge in [-0.05, 0) is 42.7 Å². The Bertz CT molecular complexity index is 887. The highest BCUT2D eigenvalue weighted by atomic mass is 19.1. The van der Waals surface area contributed by atoms with E-state index in [9.17, 15) is 18.8 Å². The van der Waals surface area contributed by atoms with Crippen molar-refractivity contribution < 1.29 is 19.1 Å². The number of nitrogens with one attached hydrogen (secondary N) is 1. The highest BCUT2D eigenvalue weighted by Gasteiger charge is 2.27. The maximum Gasteiger partial charge on any atom is 0.321 e. The minimum atomic E-state index is -0.846. The van der Waals surface area contributed by atoms with Crippen LogP contribution in [0.2, 0.25) is 0 Å². The van der Waals surface area contributed by atoms with E-state index in [1.807, 2.05) is 0 Å². The van der Waals surface area contributed by atoms with Crippen molar-refractivity contribution in [3.63, 3.8) is 0 Å². The molecule has 0 aliphatic carbocycles. The summed E-state index contributed by atoms with van der Waals surface area (Å²) in [5.41, 5.74) is 0.540. The summed E-state index contributed by atoms with van der Waals surface area (Å²) in [6.45, 7) is 0.922. The number of benzene rings is 1. The third kappa shape index (κ3) is 4.52. The topological polar surface area (TPSA) is 91.6 Å². The Morgan fingerprint density at radius 2 is 1.81 bits per heavy atom. The van der Waals surface area contributed by atoms with E-state index in [4.69, 9.17) is 5.11 Å². The predicted octanol–water partition coefficient (Wildman–Crippen LogP) is 2.36. The largest absolute Gasteiger partial charge is 0.481 e. The fourth-order valence-corrected chi connectivity index (χ4v) is 3.07. The molecule has 0 bridgehead atoms. The average molecular weight is 373 g/mol. The summed E-state index contributed by atoms with van der Waals surface area (Å²) in [4.78, 5) is 37.5. The van der Waals surface area contributed by atoms with E-state index in [0.29, 0.717) is 25.9 Å². The number of carbonyl (C=O) groups excluding carboxylic acids is 1. The van der Waals surface area contributed by atoms with E-state index in [1.54, 1.807) is 24.4 Å². The number of amides is 2. The van der Waals surface area contributed by atoms with Crippen LogP contribution in [-0.2, 0) is 11.3 Å². The van der Waals surface area contributed by atoms with Crippen molar-refractivity contribution >= 4 is 17.7 Å². The molecule has 0 unspecified atom stereocenters. The third-order valence-electron chi connectivity index (χ3n) is 4.66. The Labute approximate surface area is 155 Å². The standard InChI is InChI=1S/C19H20FN3O4/c20-15-5-3-13(4-6-15)12-23-9-1-2-16(17(23)24)21-19(27)22-10-7-14(8-11-22)18(25)26/h1-6,9,14H,7-8,10-12H2,(H,21,27)(H,25,26). The van der Waals surface area contributed by atoms with Crippen molar-refractivity contribution in [2.24, 2.45) is 5.92 Å². The number of aliphatic carboxylic acids is 1. The molecule has 0 radical (unpaired) electrons. The van der Waals surface area contributed by atoms with Crippen LogP contribution in [0.5, 0.6) is 0 Å². The second-order valence-electron chi connectivity index (χ2n) is 6.51. The molecule has 1 aromatic heterocycles. The van der Waals surface area contributed by atoms with E-state index in [1.165, 1.54) is 27.7 Å². The number of aromatic nitrogens is 1. The zero-order valence-corrected chi connectivity index (χ0v) is 14.6. The molecule has 0 saturated carbocycles. The maximum absolute atomic E-state index is 13.0. The number of halogens is 1. The SMILES string of the molecule is O=C(O)C1CCN(C(=O)Nc2cccn(Cc3ccc(F)cc3)c2=O)CC1. The molecule has 3 rings (SSSR count). The average Bonchev–Trinajstić information content (AvgIpc) is 2.66. The van der Waals surface area contributed by atoms with Crippen LogP contribution in [-0.4, -0.2) is 39.7 Å². The first-order chi connectivity index (χ1) is 12.9. The van der Waals surface area contributed by atoms with Gasteiger partial charge in [-0.2, -0.15) is 0 Å². The van der Waals surface area contributed by atoms with Crippen LogP contribution in [0.4, 0.5) is 14.9 Å². The summed E-state index contributed by atoms with van der Waals surface area (Å²) < 4.78 is 14.4. The van der Waals surface area contributed by atoms with Gasteiger partial charge in [0.05, 0.1) is 12.5 Å². The van der Waals surface area contributed by atoms with Crippen LogP contribution in [0.15, 0.2) is 47.4 Å². The highest BCUT2D eigenvalue weighted by molar-refractivity contribution is 5.89. The lowest BCUT2D eigenvalue weighted by Crippen LogP contribution is -2.43. The minimum Gasteiger partial charge on any atom is -0.481 e. The van der Waals surface area contributed by atoms with Gasteiger partial charge in [0.2, 0.25) is 0 Å². The van der Waals surface area contributed by atoms with Crippen molar-refractivity contribution in [2.45, 2.75) is 19.4 Å². The molecule has 2 heterocycles. The second-order valence-corrected chi connectivity index (χ2v) is 6.51. The molecule has 2 N–H and O–H groups in total. The lowest BCUT2D eigenvalue weighted by molar-refractivity contribution is -0.143. The molecular weight excluding hydrogens is 353 g/mol. The Morgan fingerprint density at radius 1 is 1.15 bits per heavy atom.